The lowest BCUT2D eigenvalue weighted by molar-refractivity contribution is -0.124. The molecule has 8 heteroatoms. The molecule has 0 saturated heterocycles. The molecule has 3 amide bonds. The van der Waals surface area contributed by atoms with Crippen molar-refractivity contribution in [1.29, 1.82) is 0 Å². The van der Waals surface area contributed by atoms with Crippen molar-refractivity contribution in [1.82, 2.24) is 10.9 Å². The Bertz CT molecular complexity index is 809. The average Bonchev–Trinajstić information content (AvgIpc) is 2.66. The number of amides is 3. The molecule has 7 nitrogen and oxygen atoms in total. The van der Waals surface area contributed by atoms with Crippen molar-refractivity contribution < 1.29 is 19.1 Å². The lowest BCUT2D eigenvalue weighted by atomic mass is 10.2. The minimum atomic E-state index is -0.458. The number of benzene rings is 2. The Morgan fingerprint density at radius 3 is 2.33 bits per heavy atom. The summed E-state index contributed by atoms with van der Waals surface area (Å²) in [5.41, 5.74) is 5.62. The van der Waals surface area contributed by atoms with E-state index >= 15 is 0 Å². The van der Waals surface area contributed by atoms with Gasteiger partial charge in [0.2, 0.25) is 11.8 Å². The SMILES string of the molecule is CCOc1ccc(NC(=O)CCC(=O)NNC(=O)c2cccc(Br)c2)cc1. The molecule has 0 aliphatic rings. The number of anilines is 1. The zero-order chi connectivity index (χ0) is 19.6. The molecule has 0 radical (unpaired) electrons. The first-order valence-electron chi connectivity index (χ1n) is 8.35. The van der Waals surface area contributed by atoms with Crippen LogP contribution in [0.5, 0.6) is 5.75 Å². The van der Waals surface area contributed by atoms with Crippen LogP contribution in [0, 0.1) is 0 Å². The highest BCUT2D eigenvalue weighted by molar-refractivity contribution is 9.10. The van der Waals surface area contributed by atoms with Gasteiger partial charge in [-0.05, 0) is 49.4 Å². The Kier molecular flexibility index (Phi) is 7.81. The van der Waals surface area contributed by atoms with Crippen molar-refractivity contribution in [2.45, 2.75) is 19.8 Å². The Morgan fingerprint density at radius 2 is 1.67 bits per heavy atom. The van der Waals surface area contributed by atoms with E-state index in [9.17, 15) is 14.4 Å². The zero-order valence-corrected chi connectivity index (χ0v) is 16.3. The van der Waals surface area contributed by atoms with Crippen LogP contribution in [0.25, 0.3) is 0 Å². The number of carbonyl (C=O) groups excluding carboxylic acids is 3. The Hall–Kier alpha value is -2.87. The van der Waals surface area contributed by atoms with E-state index in [1.54, 1.807) is 48.5 Å². The largest absolute Gasteiger partial charge is 0.494 e. The second-order valence-electron chi connectivity index (χ2n) is 5.52. The van der Waals surface area contributed by atoms with Crippen molar-refractivity contribution in [3.05, 3.63) is 58.6 Å². The zero-order valence-electron chi connectivity index (χ0n) is 14.8. The smallest absolute Gasteiger partial charge is 0.269 e. The molecule has 0 aliphatic heterocycles. The van der Waals surface area contributed by atoms with E-state index in [4.69, 9.17) is 4.74 Å². The molecule has 0 unspecified atom stereocenters. The van der Waals surface area contributed by atoms with Gasteiger partial charge in [-0.3, -0.25) is 25.2 Å². The van der Waals surface area contributed by atoms with Crippen molar-refractivity contribution in [2.75, 3.05) is 11.9 Å². The van der Waals surface area contributed by atoms with Crippen molar-refractivity contribution >= 4 is 39.3 Å². The molecule has 2 aromatic carbocycles. The Morgan fingerprint density at radius 1 is 0.963 bits per heavy atom. The highest BCUT2D eigenvalue weighted by Crippen LogP contribution is 2.16. The van der Waals surface area contributed by atoms with Crippen LogP contribution < -0.4 is 20.9 Å². The molecule has 0 fully saturated rings. The van der Waals surface area contributed by atoms with Gasteiger partial charge in [0.25, 0.3) is 5.91 Å². The highest BCUT2D eigenvalue weighted by atomic mass is 79.9. The van der Waals surface area contributed by atoms with Crippen molar-refractivity contribution in [3.8, 4) is 5.75 Å². The number of halogens is 1. The summed E-state index contributed by atoms with van der Waals surface area (Å²) in [5, 5.41) is 2.70. The number of nitrogens with one attached hydrogen (secondary N) is 3. The summed E-state index contributed by atoms with van der Waals surface area (Å²) in [6.07, 6.45) is -0.0621. The number of ether oxygens (including phenoxy) is 1. The molecule has 0 atom stereocenters. The first-order chi connectivity index (χ1) is 13.0. The predicted octanol–water partition coefficient (Wildman–Crippen LogP) is 3.03. The van der Waals surface area contributed by atoms with Gasteiger partial charge < -0.3 is 10.1 Å². The summed E-state index contributed by atoms with van der Waals surface area (Å²) in [7, 11) is 0. The van der Waals surface area contributed by atoms with Gasteiger partial charge >= 0.3 is 0 Å². The topological polar surface area (TPSA) is 96.5 Å². The monoisotopic (exact) mass is 433 g/mol. The van der Waals surface area contributed by atoms with E-state index in [0.29, 0.717) is 17.9 Å². The second-order valence-corrected chi connectivity index (χ2v) is 6.43. The molecule has 0 spiro atoms. The molecular weight excluding hydrogens is 414 g/mol. The minimum absolute atomic E-state index is 0.00813. The highest BCUT2D eigenvalue weighted by Gasteiger charge is 2.10. The van der Waals surface area contributed by atoms with Crippen LogP contribution in [-0.4, -0.2) is 24.3 Å². The molecule has 142 valence electrons. The van der Waals surface area contributed by atoms with E-state index < -0.39 is 11.8 Å². The maximum absolute atomic E-state index is 11.9. The third kappa shape index (κ3) is 7.10. The van der Waals surface area contributed by atoms with E-state index in [1.807, 2.05) is 6.92 Å². The average molecular weight is 434 g/mol. The van der Waals surface area contributed by atoms with Crippen LogP contribution in [0.4, 0.5) is 5.69 Å². The molecule has 0 saturated carbocycles. The fourth-order valence-corrected chi connectivity index (χ4v) is 2.54. The van der Waals surface area contributed by atoms with Crippen molar-refractivity contribution in [2.24, 2.45) is 0 Å². The number of hydrogen-bond acceptors (Lipinski definition) is 4. The minimum Gasteiger partial charge on any atom is -0.494 e. The van der Waals surface area contributed by atoms with E-state index in [2.05, 4.69) is 32.1 Å². The summed E-state index contributed by atoms with van der Waals surface area (Å²) in [6.45, 7) is 2.46. The number of hydrazine groups is 1. The molecule has 0 aromatic heterocycles. The molecule has 2 aromatic rings. The summed E-state index contributed by atoms with van der Waals surface area (Å²) in [6, 6.07) is 13.7. The van der Waals surface area contributed by atoms with E-state index in [0.717, 1.165) is 10.2 Å². The second kappa shape index (κ2) is 10.3. The first-order valence-corrected chi connectivity index (χ1v) is 9.14. The lowest BCUT2D eigenvalue weighted by Gasteiger charge is -2.09. The van der Waals surface area contributed by atoms with Crippen LogP contribution in [0.15, 0.2) is 53.0 Å². The predicted molar refractivity (Wildman–Crippen MR) is 105 cm³/mol. The van der Waals surface area contributed by atoms with Crippen LogP contribution in [-0.2, 0) is 9.59 Å². The van der Waals surface area contributed by atoms with Crippen LogP contribution in [0.3, 0.4) is 0 Å². The van der Waals surface area contributed by atoms with Crippen LogP contribution in [0.1, 0.15) is 30.1 Å². The molecule has 0 heterocycles. The molecule has 0 aliphatic carbocycles. The van der Waals surface area contributed by atoms with Crippen LogP contribution in [0.2, 0.25) is 0 Å². The fraction of sp³-hybridized carbons (Fsp3) is 0.211. The summed E-state index contributed by atoms with van der Waals surface area (Å²) in [4.78, 5) is 35.6. The van der Waals surface area contributed by atoms with Gasteiger partial charge in [-0.25, -0.2) is 0 Å². The van der Waals surface area contributed by atoms with E-state index in [-0.39, 0.29) is 18.7 Å². The summed E-state index contributed by atoms with van der Waals surface area (Å²) in [5.74, 6) is -0.479. The molecular formula is C19H20BrN3O4. The van der Waals surface area contributed by atoms with Gasteiger partial charge in [-0.2, -0.15) is 0 Å². The van der Waals surface area contributed by atoms with Gasteiger partial charge in [-0.1, -0.05) is 22.0 Å². The van der Waals surface area contributed by atoms with E-state index in [1.165, 1.54) is 0 Å². The Labute approximate surface area is 165 Å². The number of rotatable bonds is 7. The fourth-order valence-electron chi connectivity index (χ4n) is 2.14. The molecule has 0 bridgehead atoms. The summed E-state index contributed by atoms with van der Waals surface area (Å²) < 4.78 is 6.08. The third-order valence-corrected chi connectivity index (χ3v) is 3.92. The van der Waals surface area contributed by atoms with Gasteiger partial charge in [0.05, 0.1) is 6.61 Å². The van der Waals surface area contributed by atoms with Gasteiger partial charge in [0.15, 0.2) is 0 Å². The van der Waals surface area contributed by atoms with Gasteiger partial charge in [0.1, 0.15) is 5.75 Å². The molecule has 27 heavy (non-hydrogen) atoms. The normalized spacial score (nSPS) is 10.0. The lowest BCUT2D eigenvalue weighted by Crippen LogP contribution is -2.41. The molecule has 2 rings (SSSR count). The van der Waals surface area contributed by atoms with Gasteiger partial charge in [0, 0.05) is 28.6 Å². The summed E-state index contributed by atoms with van der Waals surface area (Å²) >= 11 is 3.27. The van der Waals surface area contributed by atoms with Gasteiger partial charge in [-0.15, -0.1) is 0 Å². The standard InChI is InChI=1S/C19H20BrN3O4/c1-2-27-16-8-6-15(7-9-16)21-17(24)10-11-18(25)22-23-19(26)13-4-3-5-14(20)12-13/h3-9,12H,2,10-11H2,1H3,(H,21,24)(H,22,25)(H,23,26). The maximum Gasteiger partial charge on any atom is 0.269 e. The quantitative estimate of drug-likeness (QED) is 0.584. The number of carbonyl (C=O) groups is 3. The van der Waals surface area contributed by atoms with Crippen LogP contribution >= 0.6 is 15.9 Å². The number of hydrogen-bond donors (Lipinski definition) is 3. The first kappa shape index (κ1) is 20.4. The maximum atomic E-state index is 11.9. The Balaban J connectivity index is 1.71. The van der Waals surface area contributed by atoms with Crippen molar-refractivity contribution in [3.63, 3.8) is 0 Å². The molecule has 3 N–H and O–H groups in total. The third-order valence-electron chi connectivity index (χ3n) is 3.43.